The molecule has 1 heterocycles. The molecule has 0 bridgehead atoms. The Labute approximate surface area is 92.5 Å². The molecule has 2 aromatic rings. The van der Waals surface area contributed by atoms with Gasteiger partial charge < -0.3 is 10.5 Å². The maximum absolute atomic E-state index is 5.75. The van der Waals surface area contributed by atoms with Crippen molar-refractivity contribution in [2.75, 3.05) is 5.73 Å². The molecule has 0 aliphatic rings. The van der Waals surface area contributed by atoms with E-state index in [0.29, 0.717) is 22.5 Å². The Kier molecular flexibility index (Phi) is 2.74. The van der Waals surface area contributed by atoms with Crippen LogP contribution in [0.5, 0.6) is 11.6 Å². The van der Waals surface area contributed by atoms with E-state index in [9.17, 15) is 0 Å². The molecule has 0 saturated carbocycles. The molecule has 0 radical (unpaired) electrons. The zero-order valence-corrected chi connectivity index (χ0v) is 8.61. The second-order valence-electron chi connectivity index (χ2n) is 2.96. The van der Waals surface area contributed by atoms with Crippen molar-refractivity contribution >= 4 is 17.4 Å². The highest BCUT2D eigenvalue weighted by molar-refractivity contribution is 6.30. The second kappa shape index (κ2) is 4.19. The van der Waals surface area contributed by atoms with Crippen LogP contribution in [0.15, 0.2) is 42.5 Å². The first-order chi connectivity index (χ1) is 7.24. The fourth-order valence-corrected chi connectivity index (χ4v) is 1.24. The van der Waals surface area contributed by atoms with E-state index in [0.717, 1.165) is 0 Å². The zero-order chi connectivity index (χ0) is 10.7. The second-order valence-corrected chi connectivity index (χ2v) is 3.39. The van der Waals surface area contributed by atoms with Crippen LogP contribution in [0.25, 0.3) is 0 Å². The lowest BCUT2D eigenvalue weighted by molar-refractivity contribution is 0.464. The highest BCUT2D eigenvalue weighted by Crippen LogP contribution is 2.21. The smallest absolute Gasteiger partial charge is 0.221 e. The number of pyridine rings is 1. The molecular formula is C11H9ClN2O. The first-order valence-electron chi connectivity index (χ1n) is 4.40. The first-order valence-corrected chi connectivity index (χ1v) is 4.78. The van der Waals surface area contributed by atoms with Crippen molar-refractivity contribution in [3.05, 3.63) is 47.5 Å². The minimum Gasteiger partial charge on any atom is -0.439 e. The number of hydrogen-bond acceptors (Lipinski definition) is 3. The zero-order valence-electron chi connectivity index (χ0n) is 7.85. The van der Waals surface area contributed by atoms with Gasteiger partial charge in [0.25, 0.3) is 0 Å². The summed E-state index contributed by atoms with van der Waals surface area (Å²) in [6.45, 7) is 0. The predicted octanol–water partition coefficient (Wildman–Crippen LogP) is 3.11. The molecule has 0 aliphatic carbocycles. The van der Waals surface area contributed by atoms with Gasteiger partial charge in [0.05, 0.1) is 0 Å². The van der Waals surface area contributed by atoms with Gasteiger partial charge in [-0.2, -0.15) is 4.98 Å². The van der Waals surface area contributed by atoms with E-state index >= 15 is 0 Å². The number of aromatic nitrogens is 1. The van der Waals surface area contributed by atoms with Gasteiger partial charge in [0.15, 0.2) is 0 Å². The molecule has 1 aromatic carbocycles. The van der Waals surface area contributed by atoms with Gasteiger partial charge in [-0.25, -0.2) is 0 Å². The molecule has 0 amide bonds. The first kappa shape index (κ1) is 9.80. The van der Waals surface area contributed by atoms with Crippen molar-refractivity contribution in [3.63, 3.8) is 0 Å². The van der Waals surface area contributed by atoms with Crippen molar-refractivity contribution in [3.8, 4) is 11.6 Å². The third-order valence-corrected chi connectivity index (χ3v) is 2.03. The van der Waals surface area contributed by atoms with E-state index in [2.05, 4.69) is 4.98 Å². The summed E-state index contributed by atoms with van der Waals surface area (Å²) in [4.78, 5) is 4.01. The van der Waals surface area contributed by atoms with Crippen LogP contribution < -0.4 is 10.5 Å². The Balaban J connectivity index is 2.18. The number of hydrogen-bond donors (Lipinski definition) is 1. The molecule has 15 heavy (non-hydrogen) atoms. The van der Waals surface area contributed by atoms with Gasteiger partial charge >= 0.3 is 0 Å². The summed E-state index contributed by atoms with van der Waals surface area (Å²) in [5, 5.41) is 0.669. The molecule has 1 aromatic heterocycles. The van der Waals surface area contributed by atoms with Gasteiger partial charge in [-0.3, -0.25) is 0 Å². The Morgan fingerprint density at radius 1 is 1.07 bits per heavy atom. The van der Waals surface area contributed by atoms with Crippen molar-refractivity contribution in [1.82, 2.24) is 4.98 Å². The summed E-state index contributed by atoms with van der Waals surface area (Å²) < 4.78 is 5.46. The fourth-order valence-electron chi connectivity index (χ4n) is 1.11. The van der Waals surface area contributed by atoms with Gasteiger partial charge in [-0.05, 0) is 30.3 Å². The molecule has 2 rings (SSSR count). The third kappa shape index (κ3) is 2.60. The van der Waals surface area contributed by atoms with E-state index in [1.165, 1.54) is 0 Å². The lowest BCUT2D eigenvalue weighted by Gasteiger charge is -2.04. The summed E-state index contributed by atoms with van der Waals surface area (Å²) in [5.41, 5.74) is 5.52. The minimum absolute atomic E-state index is 0.432. The summed E-state index contributed by atoms with van der Waals surface area (Å²) in [5.74, 6) is 1.58. The van der Waals surface area contributed by atoms with Crippen LogP contribution in [-0.2, 0) is 0 Å². The number of nitrogen functional groups attached to an aromatic ring is 1. The van der Waals surface area contributed by atoms with E-state index in [4.69, 9.17) is 22.1 Å². The molecular weight excluding hydrogens is 212 g/mol. The quantitative estimate of drug-likeness (QED) is 0.846. The van der Waals surface area contributed by atoms with Gasteiger partial charge in [-0.15, -0.1) is 0 Å². The number of ether oxygens (including phenoxy) is 1. The van der Waals surface area contributed by atoms with Crippen LogP contribution >= 0.6 is 11.6 Å². The molecule has 0 fully saturated rings. The van der Waals surface area contributed by atoms with Crippen LogP contribution in [0.4, 0.5) is 5.82 Å². The van der Waals surface area contributed by atoms with Crippen LogP contribution in [0.1, 0.15) is 0 Å². The number of anilines is 1. The number of halogens is 1. The van der Waals surface area contributed by atoms with Crippen molar-refractivity contribution in [2.24, 2.45) is 0 Å². The van der Waals surface area contributed by atoms with Crippen LogP contribution in [0.2, 0.25) is 5.02 Å². The summed E-state index contributed by atoms with van der Waals surface area (Å²) in [7, 11) is 0. The minimum atomic E-state index is 0.432. The Morgan fingerprint density at radius 2 is 1.80 bits per heavy atom. The van der Waals surface area contributed by atoms with Crippen molar-refractivity contribution < 1.29 is 4.74 Å². The van der Waals surface area contributed by atoms with E-state index < -0.39 is 0 Å². The van der Waals surface area contributed by atoms with Crippen molar-refractivity contribution in [2.45, 2.75) is 0 Å². The number of nitrogens with zero attached hydrogens (tertiary/aromatic N) is 1. The lowest BCUT2D eigenvalue weighted by Crippen LogP contribution is -1.92. The molecule has 4 heteroatoms. The summed E-state index contributed by atoms with van der Waals surface area (Å²) in [6, 6.07) is 12.3. The molecule has 76 valence electrons. The molecule has 0 unspecified atom stereocenters. The predicted molar refractivity (Wildman–Crippen MR) is 60.2 cm³/mol. The highest BCUT2D eigenvalue weighted by atomic mass is 35.5. The fraction of sp³-hybridized carbons (Fsp3) is 0. The van der Waals surface area contributed by atoms with Crippen LogP contribution in [-0.4, -0.2) is 4.98 Å². The number of nitrogens with two attached hydrogens (primary N) is 1. The Morgan fingerprint density at radius 3 is 2.47 bits per heavy atom. The molecule has 0 aliphatic heterocycles. The SMILES string of the molecule is Nc1cccc(Oc2ccc(Cl)cc2)n1. The average Bonchev–Trinajstić information content (AvgIpc) is 2.22. The third-order valence-electron chi connectivity index (χ3n) is 1.78. The Bertz CT molecular complexity index is 456. The normalized spacial score (nSPS) is 9.93. The van der Waals surface area contributed by atoms with E-state index in [1.54, 1.807) is 42.5 Å². The van der Waals surface area contributed by atoms with Gasteiger partial charge in [0.2, 0.25) is 5.88 Å². The molecule has 2 N–H and O–H groups in total. The lowest BCUT2D eigenvalue weighted by atomic mass is 10.3. The number of benzene rings is 1. The average molecular weight is 221 g/mol. The van der Waals surface area contributed by atoms with Gasteiger partial charge in [0, 0.05) is 11.1 Å². The monoisotopic (exact) mass is 220 g/mol. The number of rotatable bonds is 2. The van der Waals surface area contributed by atoms with Crippen LogP contribution in [0, 0.1) is 0 Å². The molecule has 3 nitrogen and oxygen atoms in total. The van der Waals surface area contributed by atoms with E-state index in [1.807, 2.05) is 0 Å². The molecule has 0 saturated heterocycles. The van der Waals surface area contributed by atoms with E-state index in [-0.39, 0.29) is 0 Å². The van der Waals surface area contributed by atoms with Crippen molar-refractivity contribution in [1.29, 1.82) is 0 Å². The summed E-state index contributed by atoms with van der Waals surface area (Å²) >= 11 is 5.75. The van der Waals surface area contributed by atoms with Crippen LogP contribution in [0.3, 0.4) is 0 Å². The Hall–Kier alpha value is -1.74. The van der Waals surface area contributed by atoms with Gasteiger partial charge in [0.1, 0.15) is 11.6 Å². The standard InChI is InChI=1S/C11H9ClN2O/c12-8-4-6-9(7-5-8)15-11-3-1-2-10(13)14-11/h1-7H,(H2,13,14). The maximum Gasteiger partial charge on any atom is 0.221 e. The maximum atomic E-state index is 5.75. The topological polar surface area (TPSA) is 48.1 Å². The molecule has 0 spiro atoms. The highest BCUT2D eigenvalue weighted by Gasteiger charge is 1.98. The summed E-state index contributed by atoms with van der Waals surface area (Å²) in [6.07, 6.45) is 0. The molecule has 0 atom stereocenters. The largest absolute Gasteiger partial charge is 0.439 e. The van der Waals surface area contributed by atoms with Gasteiger partial charge in [-0.1, -0.05) is 17.7 Å².